The van der Waals surface area contributed by atoms with Gasteiger partial charge in [0.1, 0.15) is 5.54 Å². The van der Waals surface area contributed by atoms with Crippen molar-refractivity contribution in [2.24, 2.45) is 11.7 Å². The molecule has 0 spiro atoms. The van der Waals surface area contributed by atoms with Crippen molar-refractivity contribution in [3.05, 3.63) is 16.1 Å². The maximum absolute atomic E-state index is 12.7. The molecule has 9 heteroatoms. The quantitative estimate of drug-likeness (QED) is 0.817. The predicted octanol–water partition coefficient (Wildman–Crippen LogP) is 3.32. The molecule has 5 rings (SSSR count). The van der Waals surface area contributed by atoms with Crippen molar-refractivity contribution in [3.8, 4) is 10.6 Å². The third-order valence-corrected chi connectivity index (χ3v) is 8.25. The second kappa shape index (κ2) is 6.00. The minimum Gasteiger partial charge on any atom is -0.368 e. The molecule has 7 nitrogen and oxygen atoms in total. The molecule has 3 N–H and O–H groups in total. The van der Waals surface area contributed by atoms with Crippen LogP contribution in [0.4, 0.5) is 9.93 Å². The number of rotatable bonds is 4. The number of aryl methyl sites for hydroxylation is 1. The normalized spacial score (nSPS) is 26.6. The van der Waals surface area contributed by atoms with Crippen LogP contribution in [0.1, 0.15) is 48.7 Å². The molecule has 2 aliphatic carbocycles. The molecule has 1 aliphatic heterocycles. The molecule has 2 aromatic heterocycles. The number of nitrogens with two attached hydrogens (primary N) is 1. The van der Waals surface area contributed by atoms with E-state index < -0.39 is 11.4 Å². The van der Waals surface area contributed by atoms with Crippen molar-refractivity contribution in [1.82, 2.24) is 14.9 Å². The van der Waals surface area contributed by atoms with E-state index in [1.54, 1.807) is 16.2 Å². The van der Waals surface area contributed by atoms with E-state index in [1.807, 2.05) is 6.92 Å². The molecule has 0 radical (unpaired) electrons. The van der Waals surface area contributed by atoms with Gasteiger partial charge in [0.2, 0.25) is 5.91 Å². The van der Waals surface area contributed by atoms with Crippen molar-refractivity contribution in [3.63, 3.8) is 0 Å². The van der Waals surface area contributed by atoms with Gasteiger partial charge in [0.15, 0.2) is 5.13 Å². The minimum atomic E-state index is -0.772. The van der Waals surface area contributed by atoms with Crippen LogP contribution in [0.15, 0.2) is 5.38 Å². The molecule has 3 fully saturated rings. The van der Waals surface area contributed by atoms with Crippen molar-refractivity contribution in [2.75, 3.05) is 11.9 Å². The molecule has 2 atom stereocenters. The lowest BCUT2D eigenvalue weighted by Crippen LogP contribution is -2.50. The van der Waals surface area contributed by atoms with Crippen molar-refractivity contribution < 1.29 is 9.59 Å². The van der Waals surface area contributed by atoms with Crippen molar-refractivity contribution in [2.45, 2.75) is 50.5 Å². The Hall–Kier alpha value is -2.00. The van der Waals surface area contributed by atoms with E-state index in [9.17, 15) is 9.59 Å². The summed E-state index contributed by atoms with van der Waals surface area (Å²) < 4.78 is 0. The molecule has 1 saturated heterocycles. The van der Waals surface area contributed by atoms with Crippen LogP contribution in [0.5, 0.6) is 0 Å². The second-order valence-corrected chi connectivity index (χ2v) is 9.58. The molecular weight excluding hydrogens is 382 g/mol. The Morgan fingerprint density at radius 1 is 1.33 bits per heavy atom. The number of primary amides is 1. The topological polar surface area (TPSA) is 101 Å². The predicted molar refractivity (Wildman–Crippen MR) is 105 cm³/mol. The smallest absolute Gasteiger partial charge is 0.324 e. The van der Waals surface area contributed by atoms with Gasteiger partial charge in [-0.2, -0.15) is 0 Å². The molecule has 0 aromatic carbocycles. The molecule has 27 heavy (non-hydrogen) atoms. The third-order valence-electron chi connectivity index (χ3n) is 6.15. The Bertz CT molecular complexity index is 934. The summed E-state index contributed by atoms with van der Waals surface area (Å²) in [5.74, 6) is 0.430. The molecule has 3 amide bonds. The van der Waals surface area contributed by atoms with Gasteiger partial charge in [-0.15, -0.1) is 11.3 Å². The Kier molecular flexibility index (Phi) is 3.80. The summed E-state index contributed by atoms with van der Waals surface area (Å²) in [4.78, 5) is 36.4. The van der Waals surface area contributed by atoms with E-state index >= 15 is 0 Å². The summed E-state index contributed by atoms with van der Waals surface area (Å²) in [5.41, 5.74) is 6.59. The lowest BCUT2D eigenvalue weighted by Gasteiger charge is -2.25. The van der Waals surface area contributed by atoms with Gasteiger partial charge in [0, 0.05) is 17.8 Å². The molecular formula is C18H21N5O2S2. The fraction of sp³-hybridized carbons (Fsp3) is 0.556. The Morgan fingerprint density at radius 3 is 2.81 bits per heavy atom. The average Bonchev–Trinajstić information content (AvgIpc) is 2.90. The highest BCUT2D eigenvalue weighted by atomic mass is 32.1. The van der Waals surface area contributed by atoms with Crippen LogP contribution >= 0.6 is 22.7 Å². The summed E-state index contributed by atoms with van der Waals surface area (Å²) in [6.45, 7) is 2.50. The number of aromatic nitrogens is 2. The van der Waals surface area contributed by atoms with Gasteiger partial charge in [-0.05, 0) is 38.5 Å². The van der Waals surface area contributed by atoms with E-state index in [-0.39, 0.29) is 11.9 Å². The summed E-state index contributed by atoms with van der Waals surface area (Å²) in [6.07, 6.45) is 5.27. The molecule has 142 valence electrons. The number of carbonyl (C=O) groups is 2. The van der Waals surface area contributed by atoms with Crippen LogP contribution in [-0.2, 0) is 4.79 Å². The van der Waals surface area contributed by atoms with Crippen LogP contribution in [0.25, 0.3) is 10.6 Å². The van der Waals surface area contributed by atoms with E-state index in [0.29, 0.717) is 24.0 Å². The monoisotopic (exact) mass is 403 g/mol. The SMILES string of the molecule is Cc1nc(NC(=O)N2CC[C@@H]3C[C@@]32C(N)=O)sc1-c1csc(C2CCC2)n1. The largest absolute Gasteiger partial charge is 0.368 e. The van der Waals surface area contributed by atoms with E-state index in [4.69, 9.17) is 10.7 Å². The number of hydrogen-bond donors (Lipinski definition) is 2. The first-order valence-corrected chi connectivity index (χ1v) is 11.0. The maximum Gasteiger partial charge on any atom is 0.324 e. The van der Waals surface area contributed by atoms with Crippen LogP contribution in [0.3, 0.4) is 0 Å². The number of carbonyl (C=O) groups excluding carboxylic acids is 2. The Morgan fingerprint density at radius 2 is 2.15 bits per heavy atom. The van der Waals surface area contributed by atoms with Gasteiger partial charge >= 0.3 is 6.03 Å². The number of hydrogen-bond acceptors (Lipinski definition) is 6. The Labute approximate surface area is 165 Å². The highest BCUT2D eigenvalue weighted by Gasteiger charge is 2.67. The van der Waals surface area contributed by atoms with Gasteiger partial charge < -0.3 is 10.6 Å². The zero-order valence-corrected chi connectivity index (χ0v) is 16.7. The maximum atomic E-state index is 12.7. The first-order valence-electron chi connectivity index (χ1n) is 9.31. The minimum absolute atomic E-state index is 0.217. The molecule has 2 aromatic rings. The number of nitrogens with one attached hydrogen (secondary N) is 1. The number of thiazole rings is 2. The van der Waals surface area contributed by atoms with Gasteiger partial charge in [0.25, 0.3) is 0 Å². The number of piperidine rings is 1. The lowest BCUT2D eigenvalue weighted by molar-refractivity contribution is -0.123. The molecule has 3 aliphatic rings. The van der Waals surface area contributed by atoms with Crippen LogP contribution in [0, 0.1) is 12.8 Å². The van der Waals surface area contributed by atoms with E-state index in [2.05, 4.69) is 15.7 Å². The first-order chi connectivity index (χ1) is 13.0. The van der Waals surface area contributed by atoms with Crippen LogP contribution in [-0.4, -0.2) is 38.9 Å². The number of amides is 3. The van der Waals surface area contributed by atoms with E-state index in [1.165, 1.54) is 35.6 Å². The fourth-order valence-electron chi connectivity index (χ4n) is 4.27. The highest BCUT2D eigenvalue weighted by molar-refractivity contribution is 7.19. The highest BCUT2D eigenvalue weighted by Crippen LogP contribution is 2.55. The second-order valence-electron chi connectivity index (χ2n) is 7.69. The van der Waals surface area contributed by atoms with Crippen LogP contribution in [0.2, 0.25) is 0 Å². The van der Waals surface area contributed by atoms with Gasteiger partial charge in [0.05, 0.1) is 21.3 Å². The van der Waals surface area contributed by atoms with Gasteiger partial charge in [-0.25, -0.2) is 14.8 Å². The molecule has 0 bridgehead atoms. The number of urea groups is 1. The third kappa shape index (κ3) is 2.59. The fourth-order valence-corrected chi connectivity index (χ4v) is 6.24. The van der Waals surface area contributed by atoms with E-state index in [0.717, 1.165) is 22.7 Å². The van der Waals surface area contributed by atoms with Crippen molar-refractivity contribution >= 4 is 39.7 Å². The Balaban J connectivity index is 1.33. The summed E-state index contributed by atoms with van der Waals surface area (Å²) >= 11 is 3.14. The number of anilines is 1. The zero-order chi connectivity index (χ0) is 18.8. The summed E-state index contributed by atoms with van der Waals surface area (Å²) in [5, 5.41) is 6.69. The lowest BCUT2D eigenvalue weighted by atomic mass is 9.86. The van der Waals surface area contributed by atoms with Gasteiger partial charge in [-0.1, -0.05) is 17.8 Å². The van der Waals surface area contributed by atoms with Crippen molar-refractivity contribution in [1.29, 1.82) is 0 Å². The average molecular weight is 404 g/mol. The standard InChI is InChI=1S/C18H21N5O2S2/c1-9-13(12-8-26-14(21-12)10-3-2-4-10)27-16(20-9)22-17(25)23-6-5-11-7-18(11,23)15(19)24/h8,10-11H,2-7H2,1H3,(H2,19,24)(H,20,22,25)/t11-,18+/m1/s1. The van der Waals surface area contributed by atoms with Crippen LogP contribution < -0.4 is 11.1 Å². The first kappa shape index (κ1) is 17.1. The summed E-state index contributed by atoms with van der Waals surface area (Å²) in [7, 11) is 0. The van der Waals surface area contributed by atoms with Gasteiger partial charge in [-0.3, -0.25) is 10.1 Å². The number of likely N-dealkylation sites (tertiary alicyclic amines) is 1. The number of fused-ring (bicyclic) bond motifs is 1. The molecule has 2 saturated carbocycles. The zero-order valence-electron chi connectivity index (χ0n) is 15.0. The summed E-state index contributed by atoms with van der Waals surface area (Å²) in [6, 6.07) is -0.289. The molecule has 0 unspecified atom stereocenters. The molecule has 3 heterocycles. The number of nitrogens with zero attached hydrogens (tertiary/aromatic N) is 3.